The summed E-state index contributed by atoms with van der Waals surface area (Å²) in [5, 5.41) is 23.6. The smallest absolute Gasteiger partial charge is 0.237 e. The van der Waals surface area contributed by atoms with E-state index in [-0.39, 0.29) is 31.4 Å². The Balaban J connectivity index is 1.66. The summed E-state index contributed by atoms with van der Waals surface area (Å²) < 4.78 is 0. The fourth-order valence-corrected chi connectivity index (χ4v) is 3.45. The van der Waals surface area contributed by atoms with Gasteiger partial charge >= 0.3 is 0 Å². The van der Waals surface area contributed by atoms with Crippen molar-refractivity contribution in [1.82, 2.24) is 15.5 Å². The van der Waals surface area contributed by atoms with Gasteiger partial charge < -0.3 is 20.8 Å². The third kappa shape index (κ3) is 5.63. The first kappa shape index (κ1) is 21.0. The van der Waals surface area contributed by atoms with E-state index in [1.807, 2.05) is 35.2 Å². The average molecular weight is 397 g/mol. The second-order valence-electron chi connectivity index (χ2n) is 7.17. The molecular weight excluding hydrogens is 370 g/mol. The number of hydrogen-bond acceptors (Lipinski definition) is 5. The summed E-state index contributed by atoms with van der Waals surface area (Å²) in [6.45, 7) is 1.04. The Labute approximate surface area is 170 Å². The van der Waals surface area contributed by atoms with Crippen LogP contribution in [0.5, 0.6) is 0 Å². The van der Waals surface area contributed by atoms with Gasteiger partial charge in [0.25, 0.3) is 0 Å². The normalized spacial score (nSPS) is 17.2. The van der Waals surface area contributed by atoms with Gasteiger partial charge in [-0.15, -0.1) is 0 Å². The first-order chi connectivity index (χ1) is 14.1. The standard InChI is InChI=1S/C22H27N3O4/c26-14-19(15-27)24-21(28)12-20-22(29)23-10-11-25(20)13-16-6-8-18(9-7-16)17-4-2-1-3-5-17/h1-9,19-20,26-27H,10-15H2,(H,23,29)(H,24,28)/t20-/m1/s1. The van der Waals surface area contributed by atoms with Crippen molar-refractivity contribution in [3.8, 4) is 11.1 Å². The zero-order chi connectivity index (χ0) is 20.6. The predicted molar refractivity (Wildman–Crippen MR) is 110 cm³/mol. The van der Waals surface area contributed by atoms with Crippen molar-refractivity contribution in [1.29, 1.82) is 0 Å². The minimum atomic E-state index is -0.715. The molecule has 0 saturated carbocycles. The summed E-state index contributed by atoms with van der Waals surface area (Å²) in [7, 11) is 0. The van der Waals surface area contributed by atoms with Gasteiger partial charge in [-0.2, -0.15) is 0 Å². The molecule has 3 rings (SSSR count). The second-order valence-corrected chi connectivity index (χ2v) is 7.17. The van der Waals surface area contributed by atoms with Crippen molar-refractivity contribution in [3.63, 3.8) is 0 Å². The third-order valence-corrected chi connectivity index (χ3v) is 5.07. The van der Waals surface area contributed by atoms with Gasteiger partial charge in [0.1, 0.15) is 0 Å². The van der Waals surface area contributed by atoms with Gasteiger partial charge in [0, 0.05) is 19.6 Å². The molecule has 0 spiro atoms. The van der Waals surface area contributed by atoms with Crippen LogP contribution in [-0.4, -0.2) is 65.3 Å². The van der Waals surface area contributed by atoms with Crippen molar-refractivity contribution in [3.05, 3.63) is 60.2 Å². The number of amides is 2. The molecule has 4 N–H and O–H groups in total. The summed E-state index contributed by atoms with van der Waals surface area (Å²) in [5.41, 5.74) is 3.34. The van der Waals surface area contributed by atoms with Gasteiger partial charge in [-0.1, -0.05) is 54.6 Å². The number of rotatable bonds is 8. The minimum Gasteiger partial charge on any atom is -0.394 e. The zero-order valence-corrected chi connectivity index (χ0v) is 16.3. The molecule has 2 amide bonds. The van der Waals surface area contributed by atoms with Gasteiger partial charge in [-0.3, -0.25) is 14.5 Å². The van der Waals surface area contributed by atoms with E-state index in [9.17, 15) is 9.59 Å². The maximum atomic E-state index is 12.4. The first-order valence-electron chi connectivity index (χ1n) is 9.78. The van der Waals surface area contributed by atoms with E-state index in [1.165, 1.54) is 0 Å². The zero-order valence-electron chi connectivity index (χ0n) is 16.3. The molecule has 29 heavy (non-hydrogen) atoms. The average Bonchev–Trinajstić information content (AvgIpc) is 2.75. The summed E-state index contributed by atoms with van der Waals surface area (Å²) in [6.07, 6.45) is -0.0234. The number of hydrogen-bond donors (Lipinski definition) is 4. The SMILES string of the molecule is O=C(C[C@@H]1C(=O)NCCN1Cc1ccc(-c2ccccc2)cc1)NC(CO)CO. The van der Waals surface area contributed by atoms with Crippen LogP contribution in [0.1, 0.15) is 12.0 Å². The van der Waals surface area contributed by atoms with Crippen molar-refractivity contribution >= 4 is 11.8 Å². The van der Waals surface area contributed by atoms with Gasteiger partial charge in [-0.05, 0) is 16.7 Å². The largest absolute Gasteiger partial charge is 0.394 e. The van der Waals surface area contributed by atoms with E-state index in [1.54, 1.807) is 0 Å². The number of nitrogens with one attached hydrogen (secondary N) is 2. The highest BCUT2D eigenvalue weighted by atomic mass is 16.3. The van der Waals surface area contributed by atoms with Gasteiger partial charge in [-0.25, -0.2) is 0 Å². The first-order valence-corrected chi connectivity index (χ1v) is 9.78. The summed E-state index contributed by atoms with van der Waals surface area (Å²) in [4.78, 5) is 26.6. The van der Waals surface area contributed by atoms with Gasteiger partial charge in [0.05, 0.1) is 31.7 Å². The lowest BCUT2D eigenvalue weighted by Gasteiger charge is -2.35. The summed E-state index contributed by atoms with van der Waals surface area (Å²) >= 11 is 0. The molecule has 0 aromatic heterocycles. The fraction of sp³-hybridized carbons (Fsp3) is 0.364. The second kappa shape index (κ2) is 10.2. The van der Waals surface area contributed by atoms with E-state index in [0.29, 0.717) is 19.6 Å². The molecular formula is C22H27N3O4. The number of carbonyl (C=O) groups excluding carboxylic acids is 2. The number of benzene rings is 2. The maximum absolute atomic E-state index is 12.4. The number of aliphatic hydroxyl groups excluding tert-OH is 2. The van der Waals surface area contributed by atoms with Gasteiger partial charge in [0.2, 0.25) is 11.8 Å². The van der Waals surface area contributed by atoms with Crippen molar-refractivity contribution in [2.24, 2.45) is 0 Å². The van der Waals surface area contributed by atoms with Crippen LogP contribution < -0.4 is 10.6 Å². The summed E-state index contributed by atoms with van der Waals surface area (Å²) in [6, 6.07) is 17.0. The quantitative estimate of drug-likeness (QED) is 0.520. The fourth-order valence-electron chi connectivity index (χ4n) is 3.45. The van der Waals surface area contributed by atoms with Crippen LogP contribution in [0.25, 0.3) is 11.1 Å². The van der Waals surface area contributed by atoms with E-state index in [0.717, 1.165) is 16.7 Å². The number of aliphatic hydroxyl groups is 2. The lowest BCUT2D eigenvalue weighted by Crippen LogP contribution is -2.56. The topological polar surface area (TPSA) is 102 Å². The van der Waals surface area contributed by atoms with Crippen LogP contribution in [0, 0.1) is 0 Å². The highest BCUT2D eigenvalue weighted by molar-refractivity contribution is 5.88. The molecule has 0 radical (unpaired) electrons. The number of nitrogens with zero attached hydrogens (tertiary/aromatic N) is 1. The van der Waals surface area contributed by atoms with Crippen LogP contribution >= 0.6 is 0 Å². The van der Waals surface area contributed by atoms with E-state index < -0.39 is 12.1 Å². The Bertz CT molecular complexity index is 807. The molecule has 2 aromatic carbocycles. The van der Waals surface area contributed by atoms with E-state index in [2.05, 4.69) is 34.9 Å². The molecule has 154 valence electrons. The molecule has 1 fully saturated rings. The molecule has 1 aliphatic heterocycles. The van der Waals surface area contributed by atoms with Crippen LogP contribution in [0.2, 0.25) is 0 Å². The molecule has 0 unspecified atom stereocenters. The summed E-state index contributed by atoms with van der Waals surface area (Å²) in [5.74, 6) is -0.554. The molecule has 1 saturated heterocycles. The number of carbonyl (C=O) groups is 2. The molecule has 0 aliphatic carbocycles. The monoisotopic (exact) mass is 397 g/mol. The lowest BCUT2D eigenvalue weighted by molar-refractivity contribution is -0.134. The van der Waals surface area contributed by atoms with E-state index in [4.69, 9.17) is 10.2 Å². The highest BCUT2D eigenvalue weighted by Gasteiger charge is 2.32. The Morgan fingerprint density at radius 2 is 1.72 bits per heavy atom. The van der Waals surface area contributed by atoms with Crippen LogP contribution in [-0.2, 0) is 16.1 Å². The van der Waals surface area contributed by atoms with Crippen molar-refractivity contribution in [2.45, 2.75) is 25.0 Å². The number of piperazine rings is 1. The van der Waals surface area contributed by atoms with E-state index >= 15 is 0 Å². The Kier molecular flexibility index (Phi) is 7.35. The van der Waals surface area contributed by atoms with Gasteiger partial charge in [0.15, 0.2) is 0 Å². The lowest BCUT2D eigenvalue weighted by atomic mass is 10.0. The molecule has 7 heteroatoms. The van der Waals surface area contributed by atoms with Crippen molar-refractivity contribution < 1.29 is 19.8 Å². The minimum absolute atomic E-state index is 0.0234. The molecule has 2 aromatic rings. The van der Waals surface area contributed by atoms with Crippen LogP contribution in [0.15, 0.2) is 54.6 Å². The maximum Gasteiger partial charge on any atom is 0.237 e. The molecule has 7 nitrogen and oxygen atoms in total. The third-order valence-electron chi connectivity index (χ3n) is 5.07. The van der Waals surface area contributed by atoms with Crippen LogP contribution in [0.3, 0.4) is 0 Å². The van der Waals surface area contributed by atoms with Crippen LogP contribution in [0.4, 0.5) is 0 Å². The Morgan fingerprint density at radius 1 is 1.07 bits per heavy atom. The molecule has 1 heterocycles. The predicted octanol–water partition coefficient (Wildman–Crippen LogP) is 0.513. The molecule has 1 aliphatic rings. The molecule has 0 bridgehead atoms. The van der Waals surface area contributed by atoms with Crippen molar-refractivity contribution in [2.75, 3.05) is 26.3 Å². The molecule has 1 atom stereocenters. The Hall–Kier alpha value is -2.74. The highest BCUT2D eigenvalue weighted by Crippen LogP contribution is 2.21. The Morgan fingerprint density at radius 3 is 2.38 bits per heavy atom.